The van der Waals surface area contributed by atoms with Gasteiger partial charge in [-0.15, -0.1) is 0 Å². The van der Waals surface area contributed by atoms with Crippen molar-refractivity contribution >= 4 is 11.8 Å². The van der Waals surface area contributed by atoms with Gasteiger partial charge in [-0.25, -0.2) is 9.97 Å². The summed E-state index contributed by atoms with van der Waals surface area (Å²) >= 11 is 0. The molecule has 1 saturated carbocycles. The van der Waals surface area contributed by atoms with Crippen LogP contribution in [-0.2, 0) is 0 Å². The predicted octanol–water partition coefficient (Wildman–Crippen LogP) is 1.47. The van der Waals surface area contributed by atoms with Gasteiger partial charge in [-0.2, -0.15) is 18.2 Å². The lowest BCUT2D eigenvalue weighted by atomic mass is 10.1. The van der Waals surface area contributed by atoms with E-state index in [0.29, 0.717) is 29.3 Å². The van der Waals surface area contributed by atoms with Gasteiger partial charge >= 0.3 is 6.18 Å². The van der Waals surface area contributed by atoms with E-state index in [9.17, 15) is 28.5 Å². The maximum absolute atomic E-state index is 12.7. The Morgan fingerprint density at radius 2 is 1.94 bits per heavy atom. The van der Waals surface area contributed by atoms with Gasteiger partial charge in [0.05, 0.1) is 30.0 Å². The number of pyridine rings is 1. The van der Waals surface area contributed by atoms with E-state index in [1.807, 2.05) is 6.92 Å². The second-order valence-electron chi connectivity index (χ2n) is 7.80. The Morgan fingerprint density at radius 1 is 1.18 bits per heavy atom. The third kappa shape index (κ3) is 6.47. The Bertz CT molecular complexity index is 1040. The van der Waals surface area contributed by atoms with Crippen LogP contribution in [0.5, 0.6) is 5.88 Å². The maximum Gasteiger partial charge on any atom is 0.405 e. The molecule has 4 unspecified atom stereocenters. The van der Waals surface area contributed by atoms with Gasteiger partial charge in [0, 0.05) is 30.4 Å². The van der Waals surface area contributed by atoms with Crippen molar-refractivity contribution < 1.29 is 33.2 Å². The first-order valence-electron chi connectivity index (χ1n) is 10.6. The zero-order valence-electron chi connectivity index (χ0n) is 18.6. The normalized spacial score (nSPS) is 22.1. The van der Waals surface area contributed by atoms with Gasteiger partial charge in [0.25, 0.3) is 0 Å². The molecule has 5 N–H and O–H groups in total. The lowest BCUT2D eigenvalue weighted by Gasteiger charge is -2.20. The van der Waals surface area contributed by atoms with Crippen LogP contribution in [0, 0.1) is 24.7 Å². The molecule has 0 aliphatic heterocycles. The third-order valence-corrected chi connectivity index (χ3v) is 5.26. The van der Waals surface area contributed by atoms with Gasteiger partial charge < -0.3 is 30.7 Å². The van der Waals surface area contributed by atoms with Crippen molar-refractivity contribution in [1.29, 1.82) is 0 Å². The summed E-state index contributed by atoms with van der Waals surface area (Å²) < 4.78 is 43.3. The first-order valence-corrected chi connectivity index (χ1v) is 10.6. The zero-order valence-corrected chi connectivity index (χ0v) is 18.6. The molecule has 34 heavy (non-hydrogen) atoms. The molecule has 12 heteroatoms. The number of nitrogens with one attached hydrogen (secondary N) is 2. The van der Waals surface area contributed by atoms with Crippen LogP contribution in [0.1, 0.15) is 30.2 Å². The van der Waals surface area contributed by atoms with Crippen LogP contribution in [0.15, 0.2) is 18.3 Å². The molecule has 0 bridgehead atoms. The van der Waals surface area contributed by atoms with Crippen LogP contribution in [-0.4, -0.2) is 74.5 Å². The minimum absolute atomic E-state index is 0.0957. The highest BCUT2D eigenvalue weighted by Crippen LogP contribution is 2.30. The number of anilines is 2. The van der Waals surface area contributed by atoms with Crippen molar-refractivity contribution in [1.82, 2.24) is 15.0 Å². The molecule has 1 fully saturated rings. The number of hydrogen-bond acceptors (Lipinski definition) is 9. The Kier molecular flexibility index (Phi) is 8.14. The number of rotatable bonds is 7. The summed E-state index contributed by atoms with van der Waals surface area (Å²) in [7, 11) is 0. The van der Waals surface area contributed by atoms with Crippen molar-refractivity contribution in [2.45, 2.75) is 44.7 Å². The summed E-state index contributed by atoms with van der Waals surface area (Å²) in [5, 5.41) is 35.0. The number of hydrogen-bond donors (Lipinski definition) is 5. The van der Waals surface area contributed by atoms with Gasteiger partial charge in [-0.05, 0) is 26.3 Å². The van der Waals surface area contributed by atoms with Gasteiger partial charge in [0.1, 0.15) is 18.5 Å². The van der Waals surface area contributed by atoms with E-state index in [0.717, 1.165) is 0 Å². The van der Waals surface area contributed by atoms with Crippen molar-refractivity contribution in [2.75, 3.05) is 30.4 Å². The maximum atomic E-state index is 12.7. The number of alkyl halides is 3. The highest BCUT2D eigenvalue weighted by molar-refractivity contribution is 5.60. The first kappa shape index (κ1) is 25.5. The molecule has 9 nitrogen and oxygen atoms in total. The SMILES string of the molecule is CCOc1ccc(C#Cc2c(C)nc(NCC(F)(F)F)nc2NC2CC(CO)C(O)C2O)cn1. The second kappa shape index (κ2) is 10.9. The average Bonchev–Trinajstić information content (AvgIpc) is 3.05. The van der Waals surface area contributed by atoms with E-state index in [1.165, 1.54) is 6.20 Å². The second-order valence-corrected chi connectivity index (χ2v) is 7.80. The molecule has 2 heterocycles. The highest BCUT2D eigenvalue weighted by Gasteiger charge is 2.41. The van der Waals surface area contributed by atoms with Crippen molar-refractivity contribution in [3.63, 3.8) is 0 Å². The fraction of sp³-hybridized carbons (Fsp3) is 0.500. The van der Waals surface area contributed by atoms with Crippen molar-refractivity contribution in [2.24, 2.45) is 5.92 Å². The fourth-order valence-corrected chi connectivity index (χ4v) is 3.53. The number of nitrogens with zero attached hydrogens (tertiary/aromatic N) is 3. The standard InChI is InChI=1S/C22H26F3N5O4/c1-3-34-17-7-5-13(9-26-17)4-6-15-12(2)28-21(27-11-22(23,24)25)30-20(15)29-16-8-14(10-31)18(32)19(16)33/h5,7,9,14,16,18-19,31-33H,3,8,10-11H2,1-2H3,(H2,27,28,29,30). The molecule has 0 amide bonds. The van der Waals surface area contributed by atoms with E-state index >= 15 is 0 Å². The first-order chi connectivity index (χ1) is 16.1. The molecule has 2 aromatic heterocycles. The number of halogens is 3. The van der Waals surface area contributed by atoms with Crippen LogP contribution >= 0.6 is 0 Å². The lowest BCUT2D eigenvalue weighted by molar-refractivity contribution is -0.115. The molecule has 0 aromatic carbocycles. The number of aliphatic hydroxyl groups excluding tert-OH is 3. The number of ether oxygens (including phenoxy) is 1. The van der Waals surface area contributed by atoms with E-state index < -0.39 is 36.9 Å². The predicted molar refractivity (Wildman–Crippen MR) is 117 cm³/mol. The monoisotopic (exact) mass is 481 g/mol. The number of aryl methyl sites for hydroxylation is 1. The summed E-state index contributed by atoms with van der Waals surface area (Å²) in [4.78, 5) is 12.3. The molecule has 2 aromatic rings. The topological polar surface area (TPSA) is 133 Å². The summed E-state index contributed by atoms with van der Waals surface area (Å²) in [5.74, 6) is 5.55. The van der Waals surface area contributed by atoms with Gasteiger partial charge in [-0.1, -0.05) is 11.8 Å². The number of aliphatic hydroxyl groups is 3. The largest absolute Gasteiger partial charge is 0.478 e. The Balaban J connectivity index is 1.92. The quantitative estimate of drug-likeness (QED) is 0.373. The van der Waals surface area contributed by atoms with Crippen molar-refractivity contribution in [3.05, 3.63) is 35.2 Å². The molecule has 1 aliphatic rings. The van der Waals surface area contributed by atoms with Crippen molar-refractivity contribution in [3.8, 4) is 17.7 Å². The van der Waals surface area contributed by atoms with E-state index in [1.54, 1.807) is 19.1 Å². The minimum atomic E-state index is -4.47. The number of aromatic nitrogens is 3. The summed E-state index contributed by atoms with van der Waals surface area (Å²) in [6.07, 6.45) is -5.09. The van der Waals surface area contributed by atoms with Gasteiger partial charge in [0.15, 0.2) is 0 Å². The van der Waals surface area contributed by atoms with Gasteiger partial charge in [0.2, 0.25) is 11.8 Å². The Labute approximate surface area is 194 Å². The summed E-state index contributed by atoms with van der Waals surface area (Å²) in [6.45, 7) is 2.23. The molecule has 0 saturated heterocycles. The Morgan fingerprint density at radius 3 is 2.53 bits per heavy atom. The molecule has 0 spiro atoms. The molecule has 3 rings (SSSR count). The van der Waals surface area contributed by atoms with Gasteiger partial charge in [-0.3, -0.25) is 0 Å². The molecule has 184 valence electrons. The molecule has 4 atom stereocenters. The zero-order chi connectivity index (χ0) is 24.9. The van der Waals surface area contributed by atoms with E-state index in [2.05, 4.69) is 37.4 Å². The summed E-state index contributed by atoms with van der Waals surface area (Å²) in [6, 6.07) is 2.66. The molecular formula is C22H26F3N5O4. The lowest BCUT2D eigenvalue weighted by Crippen LogP contribution is -2.36. The highest BCUT2D eigenvalue weighted by atomic mass is 19.4. The van der Waals surface area contributed by atoms with Crippen LogP contribution in [0.4, 0.5) is 24.9 Å². The molecule has 0 radical (unpaired) electrons. The van der Waals surface area contributed by atoms with Crippen LogP contribution in [0.3, 0.4) is 0 Å². The molecule has 1 aliphatic carbocycles. The smallest absolute Gasteiger partial charge is 0.405 e. The average molecular weight is 481 g/mol. The van der Waals surface area contributed by atoms with E-state index in [-0.39, 0.29) is 24.8 Å². The van der Waals surface area contributed by atoms with Crippen LogP contribution in [0.2, 0.25) is 0 Å². The molecular weight excluding hydrogens is 455 g/mol. The van der Waals surface area contributed by atoms with E-state index in [4.69, 9.17) is 4.74 Å². The minimum Gasteiger partial charge on any atom is -0.478 e. The third-order valence-electron chi connectivity index (χ3n) is 5.26. The van der Waals surface area contributed by atoms with Crippen LogP contribution < -0.4 is 15.4 Å². The fourth-order valence-electron chi connectivity index (χ4n) is 3.53. The Hall–Kier alpha value is -3.14. The summed E-state index contributed by atoms with van der Waals surface area (Å²) in [5.41, 5.74) is 1.17. The van der Waals surface area contributed by atoms with Crippen LogP contribution in [0.25, 0.3) is 0 Å².